The Morgan fingerprint density at radius 3 is 2.15 bits per heavy atom. The predicted molar refractivity (Wildman–Crippen MR) is 129 cm³/mol. The fourth-order valence-corrected chi connectivity index (χ4v) is 5.32. The van der Waals surface area contributed by atoms with Crippen molar-refractivity contribution in [1.82, 2.24) is 10.2 Å². The lowest BCUT2D eigenvalue weighted by molar-refractivity contribution is -0.141. The van der Waals surface area contributed by atoms with Crippen LogP contribution >= 0.6 is 0 Å². The van der Waals surface area contributed by atoms with Gasteiger partial charge < -0.3 is 20.1 Å². The Hall–Kier alpha value is -3.35. The molecular formula is C27H32N2O5. The van der Waals surface area contributed by atoms with E-state index in [1.807, 2.05) is 31.2 Å². The first-order chi connectivity index (χ1) is 16.4. The molecule has 2 aliphatic carbocycles. The molecule has 0 bridgehead atoms. The van der Waals surface area contributed by atoms with Crippen molar-refractivity contribution in [2.24, 2.45) is 0 Å². The van der Waals surface area contributed by atoms with E-state index in [4.69, 9.17) is 9.84 Å². The number of carboxylic acid groups (broad SMARTS) is 1. The quantitative estimate of drug-likeness (QED) is 0.568. The molecule has 0 atom stereocenters. The number of carboxylic acids is 1. The maximum atomic E-state index is 13.5. The van der Waals surface area contributed by atoms with Crippen LogP contribution in [0.15, 0.2) is 48.5 Å². The highest BCUT2D eigenvalue weighted by molar-refractivity contribution is 5.90. The number of hydrogen-bond donors (Lipinski definition) is 2. The van der Waals surface area contributed by atoms with Crippen LogP contribution in [0, 0.1) is 0 Å². The van der Waals surface area contributed by atoms with Crippen LogP contribution in [-0.4, -0.2) is 53.2 Å². The zero-order valence-corrected chi connectivity index (χ0v) is 19.6. The molecule has 2 N–H and O–H groups in total. The van der Waals surface area contributed by atoms with E-state index >= 15 is 0 Å². The van der Waals surface area contributed by atoms with E-state index in [0.717, 1.165) is 35.1 Å². The number of benzene rings is 2. The molecule has 0 heterocycles. The van der Waals surface area contributed by atoms with Crippen molar-refractivity contribution in [3.05, 3.63) is 59.7 Å². The smallest absolute Gasteiger partial charge is 0.408 e. The molecule has 7 nitrogen and oxygen atoms in total. The first-order valence-corrected chi connectivity index (χ1v) is 12.1. The summed E-state index contributed by atoms with van der Waals surface area (Å²) in [6.07, 6.45) is 2.71. The lowest BCUT2D eigenvalue weighted by Gasteiger charge is -2.34. The third-order valence-corrected chi connectivity index (χ3v) is 6.93. The molecule has 0 saturated heterocycles. The number of carbonyl (C=O) groups excluding carboxylic acids is 2. The van der Waals surface area contributed by atoms with Gasteiger partial charge in [-0.2, -0.15) is 0 Å². The van der Waals surface area contributed by atoms with Crippen LogP contribution in [0.5, 0.6) is 0 Å². The number of fused-ring (bicyclic) bond motifs is 3. The van der Waals surface area contributed by atoms with Crippen molar-refractivity contribution in [2.45, 2.75) is 56.9 Å². The third kappa shape index (κ3) is 4.79. The summed E-state index contributed by atoms with van der Waals surface area (Å²) in [6, 6.07) is 16.3. The van der Waals surface area contributed by atoms with Gasteiger partial charge in [-0.15, -0.1) is 0 Å². The van der Waals surface area contributed by atoms with E-state index in [2.05, 4.69) is 29.6 Å². The number of hydrogen-bond acceptors (Lipinski definition) is 4. The van der Waals surface area contributed by atoms with Gasteiger partial charge in [-0.25, -0.2) is 4.79 Å². The van der Waals surface area contributed by atoms with Gasteiger partial charge in [0.15, 0.2) is 0 Å². The fraction of sp³-hybridized carbons (Fsp3) is 0.444. The SMILES string of the molecule is CCCN(CCC(=O)O)C(=O)C1(NC(=O)OCC2c3ccccc3-c3ccccc32)CCCC1. The van der Waals surface area contributed by atoms with Gasteiger partial charge in [-0.3, -0.25) is 9.59 Å². The average molecular weight is 465 g/mol. The first-order valence-electron chi connectivity index (χ1n) is 12.1. The summed E-state index contributed by atoms with van der Waals surface area (Å²) in [5.41, 5.74) is 3.54. The van der Waals surface area contributed by atoms with Gasteiger partial charge in [0, 0.05) is 19.0 Å². The molecule has 1 saturated carbocycles. The van der Waals surface area contributed by atoms with Gasteiger partial charge in [0.1, 0.15) is 12.1 Å². The van der Waals surface area contributed by atoms with Gasteiger partial charge in [0.25, 0.3) is 0 Å². The summed E-state index contributed by atoms with van der Waals surface area (Å²) >= 11 is 0. The normalized spacial score (nSPS) is 15.9. The molecular weight excluding hydrogens is 432 g/mol. The van der Waals surface area contributed by atoms with Gasteiger partial charge in [-0.05, 0) is 41.5 Å². The Morgan fingerprint density at radius 1 is 1.00 bits per heavy atom. The number of amides is 2. The van der Waals surface area contributed by atoms with Crippen molar-refractivity contribution in [2.75, 3.05) is 19.7 Å². The molecule has 2 aromatic carbocycles. The Labute approximate surface area is 200 Å². The summed E-state index contributed by atoms with van der Waals surface area (Å²) in [7, 11) is 0. The molecule has 34 heavy (non-hydrogen) atoms. The van der Waals surface area contributed by atoms with Crippen molar-refractivity contribution in [1.29, 1.82) is 0 Å². The fourth-order valence-electron chi connectivity index (χ4n) is 5.32. The number of carbonyl (C=O) groups is 3. The lowest BCUT2D eigenvalue weighted by atomic mass is 9.95. The zero-order chi connectivity index (χ0) is 24.1. The Morgan fingerprint density at radius 2 is 1.59 bits per heavy atom. The highest BCUT2D eigenvalue weighted by Crippen LogP contribution is 2.44. The molecule has 2 aliphatic rings. The van der Waals surface area contributed by atoms with Gasteiger partial charge >= 0.3 is 12.1 Å². The molecule has 7 heteroatoms. The number of nitrogens with one attached hydrogen (secondary N) is 1. The topological polar surface area (TPSA) is 95.9 Å². The predicted octanol–water partition coefficient (Wildman–Crippen LogP) is 4.55. The van der Waals surface area contributed by atoms with E-state index in [1.54, 1.807) is 4.90 Å². The standard InChI is InChI=1S/C27H32N2O5/c1-2-16-29(17-13-24(30)31)25(32)27(14-7-8-15-27)28-26(33)34-18-23-21-11-5-3-9-19(21)20-10-4-6-12-22(20)23/h3-6,9-12,23H,2,7-8,13-18H2,1H3,(H,28,33)(H,30,31). The molecule has 0 unspecified atom stereocenters. The largest absolute Gasteiger partial charge is 0.481 e. The van der Waals surface area contributed by atoms with Gasteiger partial charge in [0.2, 0.25) is 5.91 Å². The number of aliphatic carboxylic acids is 1. The zero-order valence-electron chi connectivity index (χ0n) is 19.6. The maximum Gasteiger partial charge on any atom is 0.408 e. The summed E-state index contributed by atoms with van der Waals surface area (Å²) in [4.78, 5) is 39.0. The molecule has 1 fully saturated rings. The number of nitrogens with zero attached hydrogens (tertiary/aromatic N) is 1. The first kappa shape index (κ1) is 23.8. The van der Waals surface area contributed by atoms with E-state index < -0.39 is 17.6 Å². The van der Waals surface area contributed by atoms with Crippen molar-refractivity contribution < 1.29 is 24.2 Å². The Bertz CT molecular complexity index is 1010. The summed E-state index contributed by atoms with van der Waals surface area (Å²) < 4.78 is 5.70. The second-order valence-corrected chi connectivity index (χ2v) is 9.18. The summed E-state index contributed by atoms with van der Waals surface area (Å²) in [5.74, 6) is -1.21. The summed E-state index contributed by atoms with van der Waals surface area (Å²) in [6.45, 7) is 2.72. The molecule has 2 amide bonds. The highest BCUT2D eigenvalue weighted by Gasteiger charge is 2.45. The average Bonchev–Trinajstić information content (AvgIpc) is 3.43. The van der Waals surface area contributed by atoms with Crippen molar-refractivity contribution in [3.63, 3.8) is 0 Å². The number of ether oxygens (including phenoxy) is 1. The van der Waals surface area contributed by atoms with Crippen molar-refractivity contribution in [3.8, 4) is 11.1 Å². The van der Waals surface area contributed by atoms with E-state index in [1.165, 1.54) is 0 Å². The van der Waals surface area contributed by atoms with Crippen LogP contribution in [0.2, 0.25) is 0 Å². The van der Waals surface area contributed by atoms with Crippen LogP contribution in [0.25, 0.3) is 11.1 Å². The van der Waals surface area contributed by atoms with E-state index in [9.17, 15) is 14.4 Å². The van der Waals surface area contributed by atoms with Gasteiger partial charge in [-0.1, -0.05) is 68.3 Å². The molecule has 0 spiro atoms. The minimum absolute atomic E-state index is 0.0551. The monoisotopic (exact) mass is 464 g/mol. The second kappa shape index (κ2) is 10.3. The summed E-state index contributed by atoms with van der Waals surface area (Å²) in [5, 5.41) is 12.0. The minimum atomic E-state index is -1.03. The Kier molecular flexibility index (Phi) is 7.20. The third-order valence-electron chi connectivity index (χ3n) is 6.93. The van der Waals surface area contributed by atoms with Gasteiger partial charge in [0.05, 0.1) is 6.42 Å². The highest BCUT2D eigenvalue weighted by atomic mass is 16.5. The van der Waals surface area contributed by atoms with Crippen LogP contribution in [0.3, 0.4) is 0 Å². The molecule has 180 valence electrons. The van der Waals surface area contributed by atoms with Crippen LogP contribution in [0.4, 0.5) is 4.79 Å². The van der Waals surface area contributed by atoms with E-state index in [-0.39, 0.29) is 31.4 Å². The minimum Gasteiger partial charge on any atom is -0.481 e. The lowest BCUT2D eigenvalue weighted by Crippen LogP contribution is -2.58. The van der Waals surface area contributed by atoms with Crippen LogP contribution < -0.4 is 5.32 Å². The molecule has 0 radical (unpaired) electrons. The van der Waals surface area contributed by atoms with Crippen molar-refractivity contribution >= 4 is 18.0 Å². The van der Waals surface area contributed by atoms with Crippen LogP contribution in [-0.2, 0) is 14.3 Å². The number of alkyl carbamates (subject to hydrolysis) is 1. The Balaban J connectivity index is 1.46. The second-order valence-electron chi connectivity index (χ2n) is 9.18. The molecule has 4 rings (SSSR count). The molecule has 2 aromatic rings. The maximum absolute atomic E-state index is 13.5. The molecule has 0 aliphatic heterocycles. The number of rotatable bonds is 9. The van der Waals surface area contributed by atoms with Crippen LogP contribution in [0.1, 0.15) is 62.5 Å². The van der Waals surface area contributed by atoms with E-state index in [0.29, 0.717) is 25.8 Å². The molecule has 0 aromatic heterocycles.